The van der Waals surface area contributed by atoms with E-state index in [4.69, 9.17) is 0 Å². The Bertz CT molecular complexity index is 1160. The lowest BCUT2D eigenvalue weighted by molar-refractivity contribution is -0.567. The van der Waals surface area contributed by atoms with Gasteiger partial charge in [0.25, 0.3) is 0 Å². The second-order valence-corrected chi connectivity index (χ2v) is 9.32. The molecule has 1 aliphatic rings. The zero-order chi connectivity index (χ0) is 21.8. The molecule has 4 rings (SSSR count). The first kappa shape index (κ1) is 21.3. The average molecular weight is 435 g/mol. The van der Waals surface area contributed by atoms with E-state index in [9.17, 15) is 13.0 Å². The van der Waals surface area contributed by atoms with E-state index in [1.54, 1.807) is 18.2 Å². The maximum Gasteiger partial charge on any atom is 0.235 e. The third-order valence-corrected chi connectivity index (χ3v) is 6.81. The third-order valence-electron chi connectivity index (χ3n) is 5.88. The maximum absolute atomic E-state index is 11.8. The van der Waals surface area contributed by atoms with Crippen LogP contribution in [0.15, 0.2) is 89.8 Å². The van der Waals surface area contributed by atoms with E-state index in [0.717, 1.165) is 13.0 Å². The molecule has 3 aromatic rings. The van der Waals surface area contributed by atoms with Gasteiger partial charge < -0.3 is 4.55 Å². The molecule has 1 heterocycles. The SMILES string of the molecule is C[C@@H](c1ccccc1)N1C=[N+](Cc2ccccc2S(=O)(=O)[O-])[C@@H](Cc2ccccc2)C1. The molecule has 0 spiro atoms. The Morgan fingerprint density at radius 2 is 1.58 bits per heavy atom. The lowest BCUT2D eigenvalue weighted by atomic mass is 10.0. The Kier molecular flexibility index (Phi) is 6.20. The number of rotatable bonds is 7. The molecule has 0 radical (unpaired) electrons. The highest BCUT2D eigenvalue weighted by Gasteiger charge is 2.34. The topological polar surface area (TPSA) is 63.5 Å². The quantitative estimate of drug-likeness (QED) is 0.419. The van der Waals surface area contributed by atoms with E-state index >= 15 is 0 Å². The van der Waals surface area contributed by atoms with Crippen molar-refractivity contribution in [2.75, 3.05) is 6.54 Å². The molecule has 0 unspecified atom stereocenters. The minimum Gasteiger partial charge on any atom is -0.744 e. The molecule has 5 nitrogen and oxygen atoms in total. The van der Waals surface area contributed by atoms with Crippen LogP contribution in [0.1, 0.15) is 29.7 Å². The van der Waals surface area contributed by atoms with Crippen molar-refractivity contribution in [2.24, 2.45) is 0 Å². The Morgan fingerprint density at radius 3 is 2.26 bits per heavy atom. The normalized spacial score (nSPS) is 17.4. The zero-order valence-corrected chi connectivity index (χ0v) is 18.3. The van der Waals surface area contributed by atoms with Gasteiger partial charge in [-0.3, -0.25) is 9.48 Å². The van der Waals surface area contributed by atoms with Crippen LogP contribution >= 0.6 is 0 Å². The van der Waals surface area contributed by atoms with E-state index in [2.05, 4.69) is 47.0 Å². The smallest absolute Gasteiger partial charge is 0.235 e. The van der Waals surface area contributed by atoms with Crippen molar-refractivity contribution >= 4 is 16.5 Å². The summed E-state index contributed by atoms with van der Waals surface area (Å²) >= 11 is 0. The fourth-order valence-electron chi connectivity index (χ4n) is 4.17. The molecular weight excluding hydrogens is 408 g/mol. The standard InChI is InChI=1S/C25H26N2O3S/c1-20(22-12-6-3-7-13-22)26-18-24(16-21-10-4-2-5-11-21)27(19-26)17-23-14-8-9-15-25(23)31(28,29)30/h2-15,19-20,24H,16-18H2,1H3/t20-,24-/m0/s1. The van der Waals surface area contributed by atoms with Gasteiger partial charge in [0, 0.05) is 12.0 Å². The minimum absolute atomic E-state index is 0.142. The molecule has 6 heteroatoms. The lowest BCUT2D eigenvalue weighted by Gasteiger charge is -2.18. The Balaban J connectivity index is 1.65. The number of hydrogen-bond acceptors (Lipinski definition) is 4. The summed E-state index contributed by atoms with van der Waals surface area (Å²) in [4.78, 5) is 2.15. The van der Waals surface area contributed by atoms with E-state index in [-0.39, 0.29) is 17.0 Å². The molecular formula is C25H26N2O3S. The Morgan fingerprint density at radius 1 is 0.968 bits per heavy atom. The molecule has 160 valence electrons. The molecule has 0 aliphatic carbocycles. The van der Waals surface area contributed by atoms with Gasteiger partial charge >= 0.3 is 0 Å². The molecule has 0 aromatic heterocycles. The number of benzene rings is 3. The van der Waals surface area contributed by atoms with Crippen molar-refractivity contribution in [3.05, 3.63) is 102 Å². The Labute approximate surface area is 184 Å². The van der Waals surface area contributed by atoms with Crippen molar-refractivity contribution in [1.29, 1.82) is 0 Å². The maximum atomic E-state index is 11.8. The molecule has 2 atom stereocenters. The fraction of sp³-hybridized carbons (Fsp3) is 0.240. The summed E-state index contributed by atoms with van der Waals surface area (Å²) in [5.41, 5.74) is 2.98. The number of hydrogen-bond donors (Lipinski definition) is 0. The van der Waals surface area contributed by atoms with Crippen LogP contribution < -0.4 is 0 Å². The molecule has 0 amide bonds. The zero-order valence-electron chi connectivity index (χ0n) is 17.5. The summed E-state index contributed by atoms with van der Waals surface area (Å²) in [5, 5.41) is 0. The molecule has 0 saturated carbocycles. The van der Waals surface area contributed by atoms with Gasteiger partial charge in [0.1, 0.15) is 35.3 Å². The van der Waals surface area contributed by atoms with Crippen LogP contribution in [0.25, 0.3) is 0 Å². The lowest BCUT2D eigenvalue weighted by Crippen LogP contribution is -2.30. The van der Waals surface area contributed by atoms with Crippen molar-refractivity contribution in [3.8, 4) is 0 Å². The summed E-state index contributed by atoms with van der Waals surface area (Å²) in [6, 6.07) is 27.4. The summed E-state index contributed by atoms with van der Waals surface area (Å²) in [7, 11) is -4.53. The first-order valence-electron chi connectivity index (χ1n) is 10.4. The van der Waals surface area contributed by atoms with Crippen LogP contribution in [0.4, 0.5) is 0 Å². The molecule has 0 fully saturated rings. The summed E-state index contributed by atoms with van der Waals surface area (Å²) < 4.78 is 37.5. The van der Waals surface area contributed by atoms with Crippen LogP contribution in [0.5, 0.6) is 0 Å². The summed E-state index contributed by atoms with van der Waals surface area (Å²) in [6.45, 7) is 3.36. The van der Waals surface area contributed by atoms with Gasteiger partial charge in [-0.2, -0.15) is 0 Å². The predicted molar refractivity (Wildman–Crippen MR) is 120 cm³/mol. The van der Waals surface area contributed by atoms with E-state index in [1.807, 2.05) is 36.4 Å². The Hall–Kier alpha value is -2.96. The van der Waals surface area contributed by atoms with Gasteiger partial charge in [-0.15, -0.1) is 0 Å². The highest BCUT2D eigenvalue weighted by Crippen LogP contribution is 2.25. The van der Waals surface area contributed by atoms with Gasteiger partial charge in [0.2, 0.25) is 6.34 Å². The van der Waals surface area contributed by atoms with Gasteiger partial charge in [0.05, 0.1) is 4.90 Å². The van der Waals surface area contributed by atoms with Crippen LogP contribution in [0, 0.1) is 0 Å². The largest absolute Gasteiger partial charge is 0.744 e. The average Bonchev–Trinajstić information content (AvgIpc) is 3.16. The molecule has 1 aliphatic heterocycles. The second kappa shape index (κ2) is 9.04. The van der Waals surface area contributed by atoms with Crippen LogP contribution in [0.3, 0.4) is 0 Å². The van der Waals surface area contributed by atoms with Gasteiger partial charge in [-0.05, 0) is 24.1 Å². The predicted octanol–water partition coefficient (Wildman–Crippen LogP) is 3.82. The van der Waals surface area contributed by atoms with Crippen LogP contribution in [-0.2, 0) is 23.1 Å². The van der Waals surface area contributed by atoms with Crippen molar-refractivity contribution in [3.63, 3.8) is 0 Å². The van der Waals surface area contributed by atoms with Crippen molar-refractivity contribution in [2.45, 2.75) is 36.9 Å². The third kappa shape index (κ3) is 5.03. The molecule has 0 N–H and O–H groups in total. The minimum atomic E-state index is -4.53. The van der Waals surface area contributed by atoms with Crippen LogP contribution in [0.2, 0.25) is 0 Å². The fourth-order valence-corrected chi connectivity index (χ4v) is 4.87. The second-order valence-electron chi connectivity index (χ2n) is 7.98. The van der Waals surface area contributed by atoms with Crippen LogP contribution in [-0.4, -0.2) is 41.4 Å². The monoisotopic (exact) mass is 434 g/mol. The molecule has 31 heavy (non-hydrogen) atoms. The number of nitrogens with zero attached hydrogens (tertiary/aromatic N) is 2. The summed E-state index contributed by atoms with van der Waals surface area (Å²) in [5.74, 6) is 0. The summed E-state index contributed by atoms with van der Waals surface area (Å²) in [6.07, 6.45) is 2.92. The van der Waals surface area contributed by atoms with E-state index in [0.29, 0.717) is 12.1 Å². The van der Waals surface area contributed by atoms with Gasteiger partial charge in [0.15, 0.2) is 0 Å². The van der Waals surface area contributed by atoms with Gasteiger partial charge in [-0.1, -0.05) is 78.9 Å². The molecule has 0 saturated heterocycles. The first-order chi connectivity index (χ1) is 14.9. The highest BCUT2D eigenvalue weighted by atomic mass is 32.2. The van der Waals surface area contributed by atoms with Gasteiger partial charge in [-0.25, -0.2) is 8.42 Å². The van der Waals surface area contributed by atoms with Crippen molar-refractivity contribution < 1.29 is 17.5 Å². The first-order valence-corrected chi connectivity index (χ1v) is 11.8. The highest BCUT2D eigenvalue weighted by molar-refractivity contribution is 7.85. The van der Waals surface area contributed by atoms with E-state index in [1.165, 1.54) is 17.2 Å². The molecule has 0 bridgehead atoms. The van der Waals surface area contributed by atoms with Crippen molar-refractivity contribution in [1.82, 2.24) is 4.90 Å². The van der Waals surface area contributed by atoms with E-state index < -0.39 is 10.1 Å². The molecule has 3 aromatic carbocycles.